The number of fused-ring (bicyclic) bond motifs is 1. The van der Waals surface area contributed by atoms with Crippen LogP contribution in [0.15, 0.2) is 46.0 Å². The molecule has 0 aliphatic carbocycles. The molecule has 1 amide bonds. The first-order chi connectivity index (χ1) is 11.6. The predicted molar refractivity (Wildman–Crippen MR) is 103 cm³/mol. The highest BCUT2D eigenvalue weighted by Crippen LogP contribution is 2.32. The van der Waals surface area contributed by atoms with Crippen LogP contribution in [0, 0.1) is 0 Å². The number of carbonyl (C=O) groups is 1. The Bertz CT molecular complexity index is 728. The summed E-state index contributed by atoms with van der Waals surface area (Å²) in [7, 11) is 0. The zero-order valence-electron chi connectivity index (χ0n) is 14.1. The van der Waals surface area contributed by atoms with E-state index in [9.17, 15) is 4.79 Å². The number of unbranched alkanes of at least 4 members (excludes halogenated alkanes) is 2. The van der Waals surface area contributed by atoms with E-state index in [1.54, 1.807) is 0 Å². The lowest BCUT2D eigenvalue weighted by Gasteiger charge is -2.10. The standard InChI is InChI=1S/C19H23BrN2O2/c1-3-4-5-8-14(2)21-22-18(23)13-24-17-12-11-15-9-6-7-10-16(15)19(17)20/h6-7,9-12H,3-5,8,13H2,1-2H3,(H,22,23)/b21-14+. The molecule has 0 saturated carbocycles. The summed E-state index contributed by atoms with van der Waals surface area (Å²) in [5.41, 5.74) is 3.48. The fourth-order valence-electron chi connectivity index (χ4n) is 2.35. The van der Waals surface area contributed by atoms with Crippen LogP contribution >= 0.6 is 15.9 Å². The van der Waals surface area contributed by atoms with Gasteiger partial charge in [-0.2, -0.15) is 5.10 Å². The Balaban J connectivity index is 1.88. The molecular weight excluding hydrogens is 368 g/mol. The van der Waals surface area contributed by atoms with E-state index in [-0.39, 0.29) is 12.5 Å². The van der Waals surface area contributed by atoms with E-state index in [2.05, 4.69) is 33.4 Å². The summed E-state index contributed by atoms with van der Waals surface area (Å²) >= 11 is 3.55. The van der Waals surface area contributed by atoms with Crippen molar-refractivity contribution in [2.24, 2.45) is 5.10 Å². The Labute approximate surface area is 151 Å². The van der Waals surface area contributed by atoms with E-state index in [0.29, 0.717) is 5.75 Å². The van der Waals surface area contributed by atoms with Crippen LogP contribution in [0.2, 0.25) is 0 Å². The van der Waals surface area contributed by atoms with Crippen molar-refractivity contribution in [2.75, 3.05) is 6.61 Å². The number of hydrazone groups is 1. The van der Waals surface area contributed by atoms with Gasteiger partial charge in [0.15, 0.2) is 6.61 Å². The van der Waals surface area contributed by atoms with Crippen molar-refractivity contribution >= 4 is 38.3 Å². The Hall–Kier alpha value is -1.88. The van der Waals surface area contributed by atoms with Crippen LogP contribution in [0.25, 0.3) is 10.8 Å². The van der Waals surface area contributed by atoms with Crippen LogP contribution in [-0.4, -0.2) is 18.2 Å². The molecular formula is C19H23BrN2O2. The van der Waals surface area contributed by atoms with Crippen molar-refractivity contribution in [3.63, 3.8) is 0 Å². The lowest BCUT2D eigenvalue weighted by molar-refractivity contribution is -0.123. The van der Waals surface area contributed by atoms with Crippen molar-refractivity contribution in [3.8, 4) is 5.75 Å². The number of carbonyl (C=O) groups excluding carboxylic acids is 1. The van der Waals surface area contributed by atoms with Gasteiger partial charge in [-0.05, 0) is 52.5 Å². The number of halogens is 1. The number of nitrogens with one attached hydrogen (secondary N) is 1. The maximum atomic E-state index is 11.9. The molecule has 0 aliphatic rings. The first-order valence-corrected chi connectivity index (χ1v) is 9.03. The van der Waals surface area contributed by atoms with E-state index >= 15 is 0 Å². The number of benzene rings is 2. The number of ether oxygens (including phenoxy) is 1. The van der Waals surface area contributed by atoms with E-state index in [1.807, 2.05) is 43.3 Å². The van der Waals surface area contributed by atoms with Crippen LogP contribution in [0.3, 0.4) is 0 Å². The van der Waals surface area contributed by atoms with Crippen molar-refractivity contribution in [1.82, 2.24) is 5.43 Å². The van der Waals surface area contributed by atoms with Crippen LogP contribution < -0.4 is 10.2 Å². The first-order valence-electron chi connectivity index (χ1n) is 8.24. The Morgan fingerprint density at radius 1 is 1.21 bits per heavy atom. The molecule has 24 heavy (non-hydrogen) atoms. The molecule has 0 fully saturated rings. The molecule has 2 aromatic rings. The number of nitrogens with zero attached hydrogens (tertiary/aromatic N) is 1. The molecule has 0 saturated heterocycles. The summed E-state index contributed by atoms with van der Waals surface area (Å²) in [6.45, 7) is 4.02. The molecule has 0 bridgehead atoms. The zero-order chi connectivity index (χ0) is 17.4. The van der Waals surface area contributed by atoms with Gasteiger partial charge in [0, 0.05) is 5.71 Å². The quantitative estimate of drug-likeness (QED) is 0.389. The van der Waals surface area contributed by atoms with E-state index in [0.717, 1.165) is 33.8 Å². The van der Waals surface area contributed by atoms with Crippen molar-refractivity contribution in [1.29, 1.82) is 0 Å². The molecule has 0 aromatic heterocycles. The number of hydrogen-bond acceptors (Lipinski definition) is 3. The van der Waals surface area contributed by atoms with Crippen molar-refractivity contribution < 1.29 is 9.53 Å². The summed E-state index contributed by atoms with van der Waals surface area (Å²) in [4.78, 5) is 11.9. The van der Waals surface area contributed by atoms with Gasteiger partial charge in [0.2, 0.25) is 0 Å². The van der Waals surface area contributed by atoms with Gasteiger partial charge < -0.3 is 4.74 Å². The molecule has 0 radical (unpaired) electrons. The van der Waals surface area contributed by atoms with Crippen LogP contribution in [-0.2, 0) is 4.79 Å². The minimum absolute atomic E-state index is 0.0668. The third-order valence-corrected chi connectivity index (χ3v) is 4.52. The lowest BCUT2D eigenvalue weighted by Crippen LogP contribution is -2.25. The highest BCUT2D eigenvalue weighted by molar-refractivity contribution is 9.10. The van der Waals surface area contributed by atoms with E-state index in [4.69, 9.17) is 4.74 Å². The van der Waals surface area contributed by atoms with Gasteiger partial charge >= 0.3 is 0 Å². The van der Waals surface area contributed by atoms with Gasteiger partial charge in [-0.25, -0.2) is 5.43 Å². The average molecular weight is 391 g/mol. The second-order valence-electron chi connectivity index (χ2n) is 5.73. The smallest absolute Gasteiger partial charge is 0.277 e. The average Bonchev–Trinajstić information content (AvgIpc) is 2.60. The number of amides is 1. The number of rotatable bonds is 8. The van der Waals surface area contributed by atoms with E-state index < -0.39 is 0 Å². The lowest BCUT2D eigenvalue weighted by atomic mass is 10.1. The molecule has 0 unspecified atom stereocenters. The van der Waals surface area contributed by atoms with E-state index in [1.165, 1.54) is 12.8 Å². The second-order valence-corrected chi connectivity index (χ2v) is 6.52. The minimum atomic E-state index is -0.259. The highest BCUT2D eigenvalue weighted by atomic mass is 79.9. The third kappa shape index (κ3) is 5.34. The summed E-state index contributed by atoms with van der Waals surface area (Å²) in [5.74, 6) is 0.386. The Morgan fingerprint density at radius 2 is 2.00 bits per heavy atom. The van der Waals surface area contributed by atoms with Gasteiger partial charge in [0.25, 0.3) is 5.91 Å². The Kier molecular flexibility index (Phi) is 7.25. The molecule has 5 heteroatoms. The van der Waals surface area contributed by atoms with Gasteiger partial charge in [-0.1, -0.05) is 50.1 Å². The molecule has 0 spiro atoms. The molecule has 4 nitrogen and oxygen atoms in total. The van der Waals surface area contributed by atoms with Crippen LogP contribution in [0.5, 0.6) is 5.75 Å². The first kappa shape index (κ1) is 18.5. The van der Waals surface area contributed by atoms with Crippen molar-refractivity contribution in [3.05, 3.63) is 40.9 Å². The molecule has 2 aromatic carbocycles. The molecule has 2 rings (SSSR count). The summed E-state index contributed by atoms with van der Waals surface area (Å²) < 4.78 is 6.46. The summed E-state index contributed by atoms with van der Waals surface area (Å²) in [5, 5.41) is 6.28. The topological polar surface area (TPSA) is 50.7 Å². The van der Waals surface area contributed by atoms with Gasteiger partial charge in [-0.15, -0.1) is 0 Å². The third-order valence-electron chi connectivity index (χ3n) is 3.70. The molecule has 128 valence electrons. The number of hydrogen-bond donors (Lipinski definition) is 1. The predicted octanol–water partition coefficient (Wildman–Crippen LogP) is 5.05. The molecule has 0 aliphatic heterocycles. The molecule has 0 heterocycles. The normalized spacial score (nSPS) is 11.5. The van der Waals surface area contributed by atoms with Gasteiger partial charge in [0.1, 0.15) is 5.75 Å². The fraction of sp³-hybridized carbons (Fsp3) is 0.368. The fourth-order valence-corrected chi connectivity index (χ4v) is 2.95. The van der Waals surface area contributed by atoms with Crippen molar-refractivity contribution in [2.45, 2.75) is 39.5 Å². The van der Waals surface area contributed by atoms with Gasteiger partial charge in [0.05, 0.1) is 4.47 Å². The van der Waals surface area contributed by atoms with Crippen LogP contribution in [0.1, 0.15) is 39.5 Å². The summed E-state index contributed by atoms with van der Waals surface area (Å²) in [6.07, 6.45) is 4.36. The SMILES string of the molecule is CCCCC/C(C)=N/NC(=O)COc1ccc2ccccc2c1Br. The zero-order valence-corrected chi connectivity index (χ0v) is 15.7. The van der Waals surface area contributed by atoms with Crippen LogP contribution in [0.4, 0.5) is 0 Å². The largest absolute Gasteiger partial charge is 0.483 e. The second kappa shape index (κ2) is 9.42. The maximum Gasteiger partial charge on any atom is 0.277 e. The molecule has 0 atom stereocenters. The monoisotopic (exact) mass is 390 g/mol. The highest BCUT2D eigenvalue weighted by Gasteiger charge is 2.08. The Morgan fingerprint density at radius 3 is 2.79 bits per heavy atom. The maximum absolute atomic E-state index is 11.9. The summed E-state index contributed by atoms with van der Waals surface area (Å²) in [6, 6.07) is 11.8. The molecule has 1 N–H and O–H groups in total. The van der Waals surface area contributed by atoms with Gasteiger partial charge in [-0.3, -0.25) is 4.79 Å². The minimum Gasteiger partial charge on any atom is -0.483 e.